The van der Waals surface area contributed by atoms with Gasteiger partial charge in [-0.1, -0.05) is 12.1 Å². The number of alkyl halides is 3. The Labute approximate surface area is 124 Å². The number of hydrogen-bond donors (Lipinski definition) is 1. The Bertz CT molecular complexity index is 710. The fourth-order valence-corrected chi connectivity index (χ4v) is 1.62. The van der Waals surface area contributed by atoms with E-state index in [1.807, 2.05) is 6.07 Å². The molecule has 0 fully saturated rings. The van der Waals surface area contributed by atoms with Gasteiger partial charge in [-0.05, 0) is 36.8 Å². The van der Waals surface area contributed by atoms with Crippen molar-refractivity contribution >= 4 is 11.5 Å². The van der Waals surface area contributed by atoms with E-state index in [-0.39, 0.29) is 5.82 Å². The van der Waals surface area contributed by atoms with Gasteiger partial charge in [0.15, 0.2) is 0 Å². The average molecular weight is 304 g/mol. The molecule has 4 nitrogen and oxygen atoms in total. The zero-order valence-electron chi connectivity index (χ0n) is 11.5. The van der Waals surface area contributed by atoms with Crippen LogP contribution in [0.15, 0.2) is 47.7 Å². The van der Waals surface area contributed by atoms with E-state index >= 15 is 0 Å². The third-order valence-corrected chi connectivity index (χ3v) is 2.86. The van der Waals surface area contributed by atoms with Crippen molar-refractivity contribution in [3.05, 3.63) is 59.3 Å². The number of hydrazone groups is 1. The third kappa shape index (κ3) is 3.82. The molecular formula is C15H11F3N4. The summed E-state index contributed by atoms with van der Waals surface area (Å²) in [7, 11) is 0. The van der Waals surface area contributed by atoms with Crippen LogP contribution in [0.25, 0.3) is 0 Å². The number of rotatable bonds is 3. The number of hydrogen-bond acceptors (Lipinski definition) is 4. The van der Waals surface area contributed by atoms with Gasteiger partial charge in [-0.2, -0.15) is 23.5 Å². The number of nitrogens with one attached hydrogen (secondary N) is 1. The van der Waals surface area contributed by atoms with E-state index in [9.17, 15) is 13.2 Å². The first-order valence-corrected chi connectivity index (χ1v) is 6.24. The Hall–Kier alpha value is -2.88. The topological polar surface area (TPSA) is 61.1 Å². The molecule has 0 unspecified atom stereocenters. The lowest BCUT2D eigenvalue weighted by Gasteiger charge is -2.07. The number of anilines is 1. The first kappa shape index (κ1) is 15.5. The van der Waals surface area contributed by atoms with Crippen LogP contribution in [0.1, 0.15) is 23.6 Å². The maximum atomic E-state index is 12.4. The van der Waals surface area contributed by atoms with Crippen LogP contribution in [0.4, 0.5) is 19.0 Å². The zero-order valence-corrected chi connectivity index (χ0v) is 11.5. The van der Waals surface area contributed by atoms with Crippen LogP contribution in [0.3, 0.4) is 0 Å². The molecule has 112 valence electrons. The number of pyridine rings is 1. The van der Waals surface area contributed by atoms with E-state index in [0.29, 0.717) is 11.3 Å². The van der Waals surface area contributed by atoms with Gasteiger partial charge in [0.2, 0.25) is 0 Å². The lowest BCUT2D eigenvalue weighted by molar-refractivity contribution is -0.137. The van der Waals surface area contributed by atoms with Crippen LogP contribution in [-0.4, -0.2) is 10.7 Å². The van der Waals surface area contributed by atoms with E-state index in [0.717, 1.165) is 17.8 Å². The Kier molecular flexibility index (Phi) is 4.41. The molecule has 0 radical (unpaired) electrons. The molecule has 1 aromatic heterocycles. The molecule has 0 aliphatic carbocycles. The Morgan fingerprint density at radius 3 is 2.36 bits per heavy atom. The number of nitrogens with zero attached hydrogens (tertiary/aromatic N) is 3. The molecule has 0 saturated heterocycles. The number of nitriles is 1. The first-order chi connectivity index (χ1) is 10.4. The van der Waals surface area contributed by atoms with Crippen molar-refractivity contribution in [3.8, 4) is 6.07 Å². The zero-order chi connectivity index (χ0) is 16.2. The molecule has 0 aliphatic rings. The van der Waals surface area contributed by atoms with Crippen LogP contribution in [0.5, 0.6) is 0 Å². The summed E-state index contributed by atoms with van der Waals surface area (Å²) in [5, 5.41) is 12.8. The van der Waals surface area contributed by atoms with Gasteiger partial charge in [0.05, 0.1) is 22.9 Å². The fraction of sp³-hybridized carbons (Fsp3) is 0.133. The minimum Gasteiger partial charge on any atom is -0.261 e. The summed E-state index contributed by atoms with van der Waals surface area (Å²) in [5.41, 5.74) is 3.72. The quantitative estimate of drug-likeness (QED) is 0.693. The Balaban J connectivity index is 2.08. The van der Waals surface area contributed by atoms with Crippen LogP contribution in [0, 0.1) is 11.3 Å². The first-order valence-electron chi connectivity index (χ1n) is 6.24. The Morgan fingerprint density at radius 2 is 1.86 bits per heavy atom. The van der Waals surface area contributed by atoms with Crippen molar-refractivity contribution in [1.82, 2.24) is 4.98 Å². The number of benzene rings is 1. The molecule has 0 bridgehead atoms. The number of aromatic nitrogens is 1. The second kappa shape index (κ2) is 6.26. The Morgan fingerprint density at radius 1 is 1.18 bits per heavy atom. The number of halogens is 3. The summed E-state index contributed by atoms with van der Waals surface area (Å²) in [5.74, 6) is 0.209. The minimum atomic E-state index is -4.41. The van der Waals surface area contributed by atoms with Gasteiger partial charge in [-0.25, -0.2) is 4.98 Å². The summed E-state index contributed by atoms with van der Waals surface area (Å²) in [6, 6.07) is 10.9. The highest BCUT2D eigenvalue weighted by atomic mass is 19.4. The summed E-state index contributed by atoms with van der Waals surface area (Å²) < 4.78 is 37.2. The van der Waals surface area contributed by atoms with Crippen molar-refractivity contribution in [2.75, 3.05) is 5.43 Å². The lowest BCUT2D eigenvalue weighted by Crippen LogP contribution is -2.06. The molecule has 2 rings (SSSR count). The molecule has 0 amide bonds. The molecule has 0 spiro atoms. The van der Waals surface area contributed by atoms with Gasteiger partial charge in [0.1, 0.15) is 5.82 Å². The van der Waals surface area contributed by atoms with Gasteiger partial charge in [-0.3, -0.25) is 5.43 Å². The molecular weight excluding hydrogens is 293 g/mol. The van der Waals surface area contributed by atoms with E-state index in [1.54, 1.807) is 31.2 Å². The smallest absolute Gasteiger partial charge is 0.261 e. The molecule has 1 aromatic carbocycles. The summed E-state index contributed by atoms with van der Waals surface area (Å²) in [6.07, 6.45) is -3.66. The molecule has 0 saturated carbocycles. The molecule has 7 heteroatoms. The van der Waals surface area contributed by atoms with Crippen LogP contribution in [0.2, 0.25) is 0 Å². The summed E-state index contributed by atoms with van der Waals surface area (Å²) >= 11 is 0. The second-order valence-corrected chi connectivity index (χ2v) is 4.43. The third-order valence-electron chi connectivity index (χ3n) is 2.86. The highest BCUT2D eigenvalue weighted by Crippen LogP contribution is 2.28. The normalized spacial score (nSPS) is 11.9. The van der Waals surface area contributed by atoms with Gasteiger partial charge < -0.3 is 0 Å². The van der Waals surface area contributed by atoms with Gasteiger partial charge in [0, 0.05) is 6.20 Å². The van der Waals surface area contributed by atoms with Crippen molar-refractivity contribution < 1.29 is 13.2 Å². The molecule has 22 heavy (non-hydrogen) atoms. The summed E-state index contributed by atoms with van der Waals surface area (Å²) in [4.78, 5) is 3.66. The highest BCUT2D eigenvalue weighted by molar-refractivity contribution is 5.99. The lowest BCUT2D eigenvalue weighted by atomic mass is 10.1. The van der Waals surface area contributed by atoms with E-state index < -0.39 is 11.7 Å². The maximum Gasteiger partial charge on any atom is 0.417 e. The predicted octanol–water partition coefficient (Wildman–Crippen LogP) is 3.81. The van der Waals surface area contributed by atoms with Gasteiger partial charge >= 0.3 is 6.18 Å². The van der Waals surface area contributed by atoms with E-state index in [4.69, 9.17) is 5.26 Å². The molecule has 2 aromatic rings. The standard InChI is InChI=1S/C15H11F3N4/c1-10(12-4-2-11(8-19)3-5-12)21-22-14-7-6-13(9-20-14)15(16,17)18/h2-7,9H,1H3,(H,20,22)/b21-10+. The van der Waals surface area contributed by atoms with Crippen molar-refractivity contribution in [1.29, 1.82) is 5.26 Å². The minimum absolute atomic E-state index is 0.209. The molecule has 1 heterocycles. The van der Waals surface area contributed by atoms with E-state index in [2.05, 4.69) is 15.5 Å². The molecule has 0 aliphatic heterocycles. The second-order valence-electron chi connectivity index (χ2n) is 4.43. The average Bonchev–Trinajstić information content (AvgIpc) is 2.52. The van der Waals surface area contributed by atoms with Crippen molar-refractivity contribution in [3.63, 3.8) is 0 Å². The van der Waals surface area contributed by atoms with Gasteiger partial charge in [-0.15, -0.1) is 0 Å². The fourth-order valence-electron chi connectivity index (χ4n) is 1.62. The van der Waals surface area contributed by atoms with Crippen LogP contribution < -0.4 is 5.43 Å². The maximum absolute atomic E-state index is 12.4. The largest absolute Gasteiger partial charge is 0.417 e. The predicted molar refractivity (Wildman–Crippen MR) is 76.2 cm³/mol. The van der Waals surface area contributed by atoms with Crippen molar-refractivity contribution in [2.45, 2.75) is 13.1 Å². The molecule has 1 N–H and O–H groups in total. The van der Waals surface area contributed by atoms with E-state index in [1.165, 1.54) is 6.07 Å². The SMILES string of the molecule is C/C(=N\Nc1ccc(C(F)(F)F)cn1)c1ccc(C#N)cc1. The van der Waals surface area contributed by atoms with Crippen molar-refractivity contribution in [2.24, 2.45) is 5.10 Å². The van der Waals surface area contributed by atoms with Crippen LogP contribution >= 0.6 is 0 Å². The van der Waals surface area contributed by atoms with Crippen LogP contribution in [-0.2, 0) is 6.18 Å². The molecule has 0 atom stereocenters. The highest BCUT2D eigenvalue weighted by Gasteiger charge is 2.30. The van der Waals surface area contributed by atoms with Gasteiger partial charge in [0.25, 0.3) is 0 Å². The monoisotopic (exact) mass is 304 g/mol. The summed E-state index contributed by atoms with van der Waals surface area (Å²) in [6.45, 7) is 1.73.